The van der Waals surface area contributed by atoms with Gasteiger partial charge in [0.2, 0.25) is 5.95 Å². The first-order chi connectivity index (χ1) is 8.21. The molecule has 0 bridgehead atoms. The summed E-state index contributed by atoms with van der Waals surface area (Å²) < 4.78 is 5.65. The van der Waals surface area contributed by atoms with E-state index in [1.54, 1.807) is 0 Å². The van der Waals surface area contributed by atoms with E-state index in [1.807, 2.05) is 6.92 Å². The van der Waals surface area contributed by atoms with E-state index in [0.29, 0.717) is 18.4 Å². The van der Waals surface area contributed by atoms with Crippen LogP contribution in [0.25, 0.3) is 0 Å². The SMILES string of the molecule is CCCc1nc(N)nc(C(CCC)OCC)n1. The van der Waals surface area contributed by atoms with Crippen LogP contribution in [0.1, 0.15) is 57.8 Å². The van der Waals surface area contributed by atoms with Crippen molar-refractivity contribution in [1.29, 1.82) is 0 Å². The fourth-order valence-corrected chi connectivity index (χ4v) is 1.69. The van der Waals surface area contributed by atoms with Gasteiger partial charge in [-0.3, -0.25) is 0 Å². The maximum absolute atomic E-state index is 5.70. The summed E-state index contributed by atoms with van der Waals surface area (Å²) in [6.07, 6.45) is 3.69. The van der Waals surface area contributed by atoms with Crippen molar-refractivity contribution in [2.24, 2.45) is 0 Å². The molecule has 1 aromatic heterocycles. The Morgan fingerprint density at radius 3 is 2.47 bits per heavy atom. The summed E-state index contributed by atoms with van der Waals surface area (Å²) in [4.78, 5) is 12.7. The highest BCUT2D eigenvalue weighted by molar-refractivity contribution is 5.17. The highest BCUT2D eigenvalue weighted by Gasteiger charge is 2.15. The maximum Gasteiger partial charge on any atom is 0.223 e. The molecule has 1 unspecified atom stereocenters. The number of nitrogens with zero attached hydrogens (tertiary/aromatic N) is 3. The average molecular weight is 238 g/mol. The molecule has 0 radical (unpaired) electrons. The molecule has 0 saturated heterocycles. The van der Waals surface area contributed by atoms with Crippen LogP contribution in [-0.2, 0) is 11.2 Å². The van der Waals surface area contributed by atoms with Gasteiger partial charge in [-0.15, -0.1) is 0 Å². The van der Waals surface area contributed by atoms with Crippen LogP contribution in [0, 0.1) is 0 Å². The van der Waals surface area contributed by atoms with Crippen LogP contribution in [0.15, 0.2) is 0 Å². The van der Waals surface area contributed by atoms with Crippen molar-refractivity contribution in [2.45, 2.75) is 52.6 Å². The number of rotatable bonds is 7. The molecule has 0 aliphatic rings. The predicted octanol–water partition coefficient (Wildman–Crippen LogP) is 2.28. The van der Waals surface area contributed by atoms with Crippen LogP contribution >= 0.6 is 0 Å². The molecule has 1 atom stereocenters. The molecule has 1 rings (SSSR count). The highest BCUT2D eigenvalue weighted by atomic mass is 16.5. The number of anilines is 1. The molecule has 2 N–H and O–H groups in total. The van der Waals surface area contributed by atoms with Crippen molar-refractivity contribution in [3.63, 3.8) is 0 Å². The second-order valence-corrected chi connectivity index (χ2v) is 3.95. The summed E-state index contributed by atoms with van der Waals surface area (Å²) in [6.45, 7) is 6.83. The van der Waals surface area contributed by atoms with Gasteiger partial charge < -0.3 is 10.5 Å². The van der Waals surface area contributed by atoms with Gasteiger partial charge >= 0.3 is 0 Å². The molecule has 5 heteroatoms. The van der Waals surface area contributed by atoms with Gasteiger partial charge in [0.05, 0.1) is 0 Å². The van der Waals surface area contributed by atoms with Gasteiger partial charge in [-0.2, -0.15) is 9.97 Å². The third kappa shape index (κ3) is 4.26. The Kier molecular flexibility index (Phi) is 5.83. The number of aromatic nitrogens is 3. The molecule has 1 heterocycles. The lowest BCUT2D eigenvalue weighted by Crippen LogP contribution is -2.13. The lowest BCUT2D eigenvalue weighted by molar-refractivity contribution is 0.0491. The van der Waals surface area contributed by atoms with Crippen molar-refractivity contribution in [2.75, 3.05) is 12.3 Å². The fraction of sp³-hybridized carbons (Fsp3) is 0.750. The summed E-state index contributed by atoms with van der Waals surface area (Å²) in [7, 11) is 0. The van der Waals surface area contributed by atoms with Crippen LogP contribution in [0.4, 0.5) is 5.95 Å². The number of aryl methyl sites for hydroxylation is 1. The third-order valence-corrected chi connectivity index (χ3v) is 2.40. The van der Waals surface area contributed by atoms with Crippen molar-refractivity contribution < 1.29 is 4.74 Å². The molecule has 0 amide bonds. The molecule has 0 aliphatic carbocycles. The van der Waals surface area contributed by atoms with Gasteiger partial charge in [0, 0.05) is 13.0 Å². The monoisotopic (exact) mass is 238 g/mol. The van der Waals surface area contributed by atoms with Crippen LogP contribution in [-0.4, -0.2) is 21.6 Å². The molecule has 0 saturated carbocycles. The van der Waals surface area contributed by atoms with E-state index in [-0.39, 0.29) is 6.10 Å². The fourth-order valence-electron chi connectivity index (χ4n) is 1.69. The first kappa shape index (κ1) is 13.8. The molecule has 17 heavy (non-hydrogen) atoms. The van der Waals surface area contributed by atoms with E-state index in [0.717, 1.165) is 31.5 Å². The van der Waals surface area contributed by atoms with Gasteiger partial charge in [0.25, 0.3) is 0 Å². The second kappa shape index (κ2) is 7.17. The van der Waals surface area contributed by atoms with Crippen molar-refractivity contribution in [1.82, 2.24) is 15.0 Å². The topological polar surface area (TPSA) is 73.9 Å². The van der Waals surface area contributed by atoms with E-state index in [2.05, 4.69) is 28.8 Å². The first-order valence-electron chi connectivity index (χ1n) is 6.33. The zero-order chi connectivity index (χ0) is 12.7. The maximum atomic E-state index is 5.70. The standard InChI is InChI=1S/C12H22N4O/c1-4-7-9(17-6-3)11-14-10(8-5-2)15-12(13)16-11/h9H,4-8H2,1-3H3,(H2,13,14,15,16). The van der Waals surface area contributed by atoms with Gasteiger partial charge in [-0.1, -0.05) is 20.3 Å². The molecule has 0 aliphatic heterocycles. The zero-order valence-electron chi connectivity index (χ0n) is 10.9. The number of hydrogen-bond acceptors (Lipinski definition) is 5. The predicted molar refractivity (Wildman–Crippen MR) is 67.5 cm³/mol. The Bertz CT molecular complexity index is 337. The van der Waals surface area contributed by atoms with Crippen molar-refractivity contribution >= 4 is 5.95 Å². The summed E-state index contributed by atoms with van der Waals surface area (Å²) in [5, 5.41) is 0. The van der Waals surface area contributed by atoms with E-state index in [4.69, 9.17) is 10.5 Å². The molecule has 5 nitrogen and oxygen atoms in total. The van der Waals surface area contributed by atoms with Crippen LogP contribution in [0.5, 0.6) is 0 Å². The Hall–Kier alpha value is -1.23. The van der Waals surface area contributed by atoms with Crippen LogP contribution in [0.3, 0.4) is 0 Å². The number of ether oxygens (including phenoxy) is 1. The second-order valence-electron chi connectivity index (χ2n) is 3.95. The smallest absolute Gasteiger partial charge is 0.223 e. The normalized spacial score (nSPS) is 12.6. The number of nitrogens with two attached hydrogens (primary N) is 1. The Morgan fingerprint density at radius 1 is 1.12 bits per heavy atom. The van der Waals surface area contributed by atoms with Gasteiger partial charge in [-0.05, 0) is 19.8 Å². The van der Waals surface area contributed by atoms with E-state index in [9.17, 15) is 0 Å². The molecule has 0 fully saturated rings. The average Bonchev–Trinajstić information content (AvgIpc) is 2.28. The number of nitrogen functional groups attached to an aromatic ring is 1. The van der Waals surface area contributed by atoms with Crippen LogP contribution in [0.2, 0.25) is 0 Å². The van der Waals surface area contributed by atoms with Gasteiger partial charge in [0.1, 0.15) is 11.9 Å². The summed E-state index contributed by atoms with van der Waals surface area (Å²) in [6, 6.07) is 0. The van der Waals surface area contributed by atoms with E-state index < -0.39 is 0 Å². The molecular formula is C12H22N4O. The Morgan fingerprint density at radius 2 is 1.88 bits per heavy atom. The van der Waals surface area contributed by atoms with Crippen molar-refractivity contribution in [3.05, 3.63) is 11.6 Å². The quantitative estimate of drug-likeness (QED) is 0.788. The third-order valence-electron chi connectivity index (χ3n) is 2.40. The minimum atomic E-state index is -0.0640. The van der Waals surface area contributed by atoms with E-state index >= 15 is 0 Å². The summed E-state index contributed by atoms with van der Waals surface area (Å²) in [5.74, 6) is 1.72. The van der Waals surface area contributed by atoms with Crippen LogP contribution < -0.4 is 5.73 Å². The lowest BCUT2D eigenvalue weighted by atomic mass is 10.2. The Balaban J connectivity index is 2.92. The zero-order valence-corrected chi connectivity index (χ0v) is 10.9. The Labute approximate surface area is 103 Å². The van der Waals surface area contributed by atoms with Gasteiger partial charge in [0.15, 0.2) is 5.82 Å². The summed E-state index contributed by atoms with van der Waals surface area (Å²) >= 11 is 0. The molecule has 0 spiro atoms. The van der Waals surface area contributed by atoms with E-state index in [1.165, 1.54) is 0 Å². The molecule has 1 aromatic rings. The largest absolute Gasteiger partial charge is 0.371 e. The lowest BCUT2D eigenvalue weighted by Gasteiger charge is -2.15. The highest BCUT2D eigenvalue weighted by Crippen LogP contribution is 2.20. The summed E-state index contributed by atoms with van der Waals surface area (Å²) in [5.41, 5.74) is 5.70. The molecule has 0 aromatic carbocycles. The molecule has 96 valence electrons. The van der Waals surface area contributed by atoms with Crippen molar-refractivity contribution in [3.8, 4) is 0 Å². The first-order valence-corrected chi connectivity index (χ1v) is 6.33. The number of hydrogen-bond donors (Lipinski definition) is 1. The molecular weight excluding hydrogens is 216 g/mol. The van der Waals surface area contributed by atoms with Gasteiger partial charge in [-0.25, -0.2) is 4.98 Å². The minimum Gasteiger partial charge on any atom is -0.371 e. The minimum absolute atomic E-state index is 0.0640.